The summed E-state index contributed by atoms with van der Waals surface area (Å²) in [6.07, 6.45) is -2.83. The maximum absolute atomic E-state index is 14.3. The standard InChI is InChI=1S/C29H47NO9/c1-13-10-19-28(34,12-38-19)23-16(4)29(35)11-18(22(39-36)14(2)17(5)30-25(33)37-9)15(3)20(26(29,6)7)21(31)24(32)27(13,23)8/h13-14,16-19,21-23,31,34-36H,10-12H2,1-9H3,(H,30,33)/t13-,14?,16?,17?,18?,19?,21?,22-,23?,27+,28-,29?/m0/s1. The molecule has 3 fully saturated rings. The lowest BCUT2D eigenvalue weighted by molar-refractivity contribution is -0.332. The van der Waals surface area contributed by atoms with E-state index >= 15 is 0 Å². The van der Waals surface area contributed by atoms with E-state index in [-0.39, 0.29) is 24.7 Å². The highest BCUT2D eigenvalue weighted by molar-refractivity contribution is 5.93. The van der Waals surface area contributed by atoms with E-state index < -0.39 is 76.2 Å². The summed E-state index contributed by atoms with van der Waals surface area (Å²) in [7, 11) is 1.26. The molecule has 10 heteroatoms. The Bertz CT molecular complexity index is 1040. The van der Waals surface area contributed by atoms with Crippen molar-refractivity contribution in [2.45, 2.75) is 104 Å². The van der Waals surface area contributed by atoms with Crippen molar-refractivity contribution in [3.8, 4) is 0 Å². The highest BCUT2D eigenvalue weighted by atomic mass is 17.1. The van der Waals surface area contributed by atoms with Crippen molar-refractivity contribution in [1.82, 2.24) is 5.32 Å². The first-order valence-corrected chi connectivity index (χ1v) is 14.1. The zero-order chi connectivity index (χ0) is 29.5. The molecule has 0 aromatic carbocycles. The molecule has 1 saturated heterocycles. The number of ether oxygens (including phenoxy) is 2. The first-order chi connectivity index (χ1) is 17.9. The van der Waals surface area contributed by atoms with E-state index in [4.69, 9.17) is 14.4 Å². The number of rotatable bonds is 5. The molecule has 8 unspecified atom stereocenters. The Balaban J connectivity index is 1.89. The molecule has 1 heterocycles. The Kier molecular flexibility index (Phi) is 7.62. The smallest absolute Gasteiger partial charge is 0.407 e. The average Bonchev–Trinajstić information content (AvgIpc) is 2.87. The van der Waals surface area contributed by atoms with E-state index in [9.17, 15) is 30.2 Å². The number of aliphatic hydroxyl groups excluding tert-OH is 1. The molecule has 2 saturated carbocycles. The predicted octanol–water partition coefficient (Wildman–Crippen LogP) is 2.69. The molecule has 0 aromatic heterocycles. The predicted molar refractivity (Wildman–Crippen MR) is 141 cm³/mol. The second kappa shape index (κ2) is 9.77. The van der Waals surface area contributed by atoms with Gasteiger partial charge in [-0.05, 0) is 44.1 Å². The van der Waals surface area contributed by atoms with Gasteiger partial charge in [0.2, 0.25) is 0 Å². The number of alkyl carbamates (subject to hydrolysis) is 1. The Hall–Kier alpha value is -1.56. The van der Waals surface area contributed by atoms with Crippen molar-refractivity contribution in [3.63, 3.8) is 0 Å². The van der Waals surface area contributed by atoms with Crippen LogP contribution in [0.1, 0.15) is 68.2 Å². The third kappa shape index (κ3) is 3.96. The number of hydrogen-bond donors (Lipinski definition) is 5. The van der Waals surface area contributed by atoms with Crippen LogP contribution in [0.25, 0.3) is 0 Å². The summed E-state index contributed by atoms with van der Waals surface area (Å²) < 4.78 is 10.5. The second-order valence-corrected chi connectivity index (χ2v) is 13.6. The number of carbonyl (C=O) groups excluding carboxylic acids is 2. The summed E-state index contributed by atoms with van der Waals surface area (Å²) in [5.41, 5.74) is -3.86. The van der Waals surface area contributed by atoms with Gasteiger partial charge in [-0.1, -0.05) is 47.1 Å². The molecule has 3 aliphatic carbocycles. The van der Waals surface area contributed by atoms with Crippen LogP contribution in [0, 0.1) is 40.4 Å². The van der Waals surface area contributed by atoms with Gasteiger partial charge in [0.25, 0.3) is 0 Å². The van der Waals surface area contributed by atoms with Crippen LogP contribution in [-0.2, 0) is 19.2 Å². The molecule has 2 bridgehead atoms. The molecule has 10 nitrogen and oxygen atoms in total. The third-order valence-corrected chi connectivity index (χ3v) is 11.8. The maximum Gasteiger partial charge on any atom is 0.407 e. The molecule has 0 spiro atoms. The Morgan fingerprint density at radius 2 is 1.79 bits per heavy atom. The molecule has 222 valence electrons. The van der Waals surface area contributed by atoms with Crippen LogP contribution in [0.4, 0.5) is 4.79 Å². The van der Waals surface area contributed by atoms with Crippen molar-refractivity contribution in [2.24, 2.45) is 40.4 Å². The van der Waals surface area contributed by atoms with Gasteiger partial charge in [0.05, 0.1) is 25.4 Å². The van der Waals surface area contributed by atoms with E-state index in [1.54, 1.807) is 6.92 Å². The molecule has 12 atom stereocenters. The number of carbonyl (C=O) groups is 2. The SMILES string of the molecule is COC(=O)NC(C)C(C)[C@H](OO)C1CC2(O)C(C)C3[C@]4(O)COC4C[C@H](C)[C@@]3(C)C(=O)C(O)C(=C1C)C2(C)C. The van der Waals surface area contributed by atoms with Crippen molar-refractivity contribution in [1.29, 1.82) is 0 Å². The minimum absolute atomic E-state index is 0.0656. The van der Waals surface area contributed by atoms with Crippen LogP contribution in [0.3, 0.4) is 0 Å². The van der Waals surface area contributed by atoms with Gasteiger partial charge in [-0.2, -0.15) is 0 Å². The highest BCUT2D eigenvalue weighted by Crippen LogP contribution is 2.66. The maximum atomic E-state index is 14.3. The van der Waals surface area contributed by atoms with Gasteiger partial charge in [0.1, 0.15) is 17.8 Å². The molecular weight excluding hydrogens is 506 g/mol. The fourth-order valence-electron chi connectivity index (χ4n) is 8.92. The van der Waals surface area contributed by atoms with Gasteiger partial charge >= 0.3 is 6.09 Å². The van der Waals surface area contributed by atoms with Crippen LogP contribution in [0.5, 0.6) is 0 Å². The number of amides is 1. The third-order valence-electron chi connectivity index (χ3n) is 11.8. The van der Waals surface area contributed by atoms with Gasteiger partial charge in [-0.15, -0.1) is 0 Å². The van der Waals surface area contributed by atoms with Gasteiger partial charge in [-0.25, -0.2) is 9.68 Å². The Morgan fingerprint density at radius 1 is 1.18 bits per heavy atom. The van der Waals surface area contributed by atoms with E-state index in [0.717, 1.165) is 0 Å². The molecule has 1 amide bonds. The van der Waals surface area contributed by atoms with E-state index in [1.165, 1.54) is 7.11 Å². The summed E-state index contributed by atoms with van der Waals surface area (Å²) in [6.45, 7) is 14.8. The Labute approximate surface area is 231 Å². The van der Waals surface area contributed by atoms with Crippen molar-refractivity contribution < 1.29 is 44.5 Å². The fourth-order valence-corrected chi connectivity index (χ4v) is 8.92. The molecule has 4 aliphatic rings. The first kappa shape index (κ1) is 30.4. The summed E-state index contributed by atoms with van der Waals surface area (Å²) in [5, 5.41) is 49.4. The van der Waals surface area contributed by atoms with E-state index in [0.29, 0.717) is 17.6 Å². The molecular formula is C29H47NO9. The number of Topliss-reactive ketones (excluding diaryl/α,β-unsaturated/α-hetero) is 1. The van der Waals surface area contributed by atoms with E-state index in [1.807, 2.05) is 48.5 Å². The van der Waals surface area contributed by atoms with E-state index in [2.05, 4.69) is 5.32 Å². The van der Waals surface area contributed by atoms with Crippen LogP contribution in [-0.4, -0.2) is 81.7 Å². The lowest BCUT2D eigenvalue weighted by atomic mass is 9.41. The summed E-state index contributed by atoms with van der Waals surface area (Å²) in [6, 6.07) is -0.471. The summed E-state index contributed by atoms with van der Waals surface area (Å²) in [5.74, 6) is -2.87. The number of ketones is 1. The number of aliphatic hydroxyl groups is 3. The van der Waals surface area contributed by atoms with Gasteiger partial charge in [0.15, 0.2) is 5.78 Å². The minimum atomic E-state index is -1.52. The molecule has 0 aromatic rings. The minimum Gasteiger partial charge on any atom is -0.453 e. The average molecular weight is 554 g/mol. The van der Waals surface area contributed by atoms with Crippen LogP contribution in [0.15, 0.2) is 11.1 Å². The fraction of sp³-hybridized carbons (Fsp3) is 0.862. The lowest BCUT2D eigenvalue weighted by Crippen LogP contribution is -2.77. The number of methoxy groups -OCH3 is 1. The first-order valence-electron chi connectivity index (χ1n) is 14.1. The second-order valence-electron chi connectivity index (χ2n) is 13.6. The van der Waals surface area contributed by atoms with Gasteiger partial charge < -0.3 is 30.1 Å². The zero-order valence-electron chi connectivity index (χ0n) is 24.6. The van der Waals surface area contributed by atoms with Gasteiger partial charge in [-0.3, -0.25) is 10.1 Å². The topological polar surface area (TPSA) is 155 Å². The zero-order valence-corrected chi connectivity index (χ0v) is 24.6. The summed E-state index contributed by atoms with van der Waals surface area (Å²) in [4.78, 5) is 31.3. The van der Waals surface area contributed by atoms with Crippen molar-refractivity contribution in [3.05, 3.63) is 11.1 Å². The largest absolute Gasteiger partial charge is 0.453 e. The quantitative estimate of drug-likeness (QED) is 0.196. The highest BCUT2D eigenvalue weighted by Gasteiger charge is 2.73. The number of hydrogen-bond acceptors (Lipinski definition) is 9. The lowest BCUT2D eigenvalue weighted by Gasteiger charge is -2.68. The van der Waals surface area contributed by atoms with Crippen molar-refractivity contribution in [2.75, 3.05) is 13.7 Å². The van der Waals surface area contributed by atoms with Crippen LogP contribution in [0.2, 0.25) is 0 Å². The van der Waals surface area contributed by atoms with Crippen LogP contribution < -0.4 is 5.32 Å². The molecule has 5 N–H and O–H groups in total. The summed E-state index contributed by atoms with van der Waals surface area (Å²) >= 11 is 0. The number of fused-ring (bicyclic) bond motifs is 5. The molecule has 4 rings (SSSR count). The Morgan fingerprint density at radius 3 is 2.31 bits per heavy atom. The number of nitrogens with one attached hydrogen (secondary N) is 1. The van der Waals surface area contributed by atoms with Gasteiger partial charge in [0, 0.05) is 34.6 Å². The van der Waals surface area contributed by atoms with Crippen LogP contribution >= 0.6 is 0 Å². The molecule has 1 aliphatic heterocycles. The monoisotopic (exact) mass is 553 g/mol. The molecule has 0 radical (unpaired) electrons. The normalized spacial score (nSPS) is 45.5. The molecule has 39 heavy (non-hydrogen) atoms. The van der Waals surface area contributed by atoms with Crippen molar-refractivity contribution >= 4 is 11.9 Å².